The molecule has 0 saturated carbocycles. The fraction of sp³-hybridized carbons (Fsp3) is 0.190. The number of hydrogen-bond acceptors (Lipinski definition) is 4. The molecule has 0 aliphatic rings. The Morgan fingerprint density at radius 1 is 1.12 bits per heavy atom. The van der Waals surface area contributed by atoms with Crippen molar-refractivity contribution >= 4 is 26.6 Å². The number of nitrogens with one attached hydrogen (secondary N) is 2. The summed E-state index contributed by atoms with van der Waals surface area (Å²) in [6, 6.07) is 11.5. The third-order valence-electron chi connectivity index (χ3n) is 4.80. The SMILES string of the molecule is Cn1ccc(S(=O)(=O)Nc2c[nH]c3ccc(OCCc4ccc(C(F)(F)F)cc4)cc23)n1. The van der Waals surface area contributed by atoms with Gasteiger partial charge >= 0.3 is 6.18 Å². The van der Waals surface area contributed by atoms with Gasteiger partial charge in [0.15, 0.2) is 5.03 Å². The summed E-state index contributed by atoms with van der Waals surface area (Å²) in [5.74, 6) is 0.502. The number of sulfonamides is 1. The van der Waals surface area contributed by atoms with Crippen molar-refractivity contribution in [2.45, 2.75) is 17.6 Å². The highest BCUT2D eigenvalue weighted by molar-refractivity contribution is 7.92. The third kappa shape index (κ3) is 4.72. The Morgan fingerprint density at radius 2 is 1.88 bits per heavy atom. The third-order valence-corrected chi connectivity index (χ3v) is 6.06. The van der Waals surface area contributed by atoms with Crippen molar-refractivity contribution in [3.05, 3.63) is 72.1 Å². The summed E-state index contributed by atoms with van der Waals surface area (Å²) in [5.41, 5.74) is 1.07. The Balaban J connectivity index is 1.44. The minimum Gasteiger partial charge on any atom is -0.493 e. The van der Waals surface area contributed by atoms with Gasteiger partial charge in [0.1, 0.15) is 5.75 Å². The molecule has 0 atom stereocenters. The number of aryl methyl sites for hydroxylation is 1. The summed E-state index contributed by atoms with van der Waals surface area (Å²) >= 11 is 0. The van der Waals surface area contributed by atoms with E-state index in [9.17, 15) is 21.6 Å². The van der Waals surface area contributed by atoms with Crippen LogP contribution in [0.1, 0.15) is 11.1 Å². The second kappa shape index (κ2) is 8.23. The lowest BCUT2D eigenvalue weighted by atomic mass is 10.1. The lowest BCUT2D eigenvalue weighted by Gasteiger charge is -2.09. The number of fused-ring (bicyclic) bond motifs is 1. The summed E-state index contributed by atoms with van der Waals surface area (Å²) in [7, 11) is -2.23. The number of aromatic amines is 1. The fourth-order valence-corrected chi connectivity index (χ4v) is 4.19. The molecule has 0 radical (unpaired) electrons. The zero-order valence-corrected chi connectivity index (χ0v) is 17.7. The van der Waals surface area contributed by atoms with Crippen molar-refractivity contribution in [2.24, 2.45) is 7.05 Å². The molecule has 0 spiro atoms. The molecular formula is C21H19F3N4O3S. The fourth-order valence-electron chi connectivity index (χ4n) is 3.16. The van der Waals surface area contributed by atoms with Gasteiger partial charge in [0.05, 0.1) is 17.9 Å². The van der Waals surface area contributed by atoms with E-state index in [-0.39, 0.29) is 11.6 Å². The topological polar surface area (TPSA) is 89.0 Å². The van der Waals surface area contributed by atoms with Crippen LogP contribution in [0.4, 0.5) is 18.9 Å². The molecule has 0 saturated heterocycles. The standard InChI is InChI=1S/C21H19F3N4O3S/c1-28-10-8-20(26-28)32(29,30)27-19-13-25-18-7-6-16(12-17(18)19)31-11-9-14-2-4-15(5-3-14)21(22,23)24/h2-8,10,12-13,25,27H,9,11H2,1H3. The Labute approximate surface area is 181 Å². The first-order valence-electron chi connectivity index (χ1n) is 9.54. The van der Waals surface area contributed by atoms with E-state index in [4.69, 9.17) is 4.74 Å². The summed E-state index contributed by atoms with van der Waals surface area (Å²) < 4.78 is 72.7. The summed E-state index contributed by atoms with van der Waals surface area (Å²) in [4.78, 5) is 2.99. The highest BCUT2D eigenvalue weighted by atomic mass is 32.2. The molecule has 0 aliphatic carbocycles. The number of H-pyrrole nitrogens is 1. The molecule has 0 aliphatic heterocycles. The van der Waals surface area contributed by atoms with E-state index in [0.29, 0.717) is 34.3 Å². The molecule has 2 aromatic heterocycles. The molecule has 4 aromatic rings. The van der Waals surface area contributed by atoms with E-state index in [1.54, 1.807) is 25.2 Å². The highest BCUT2D eigenvalue weighted by Crippen LogP contribution is 2.30. The van der Waals surface area contributed by atoms with Crippen LogP contribution in [0.15, 0.2) is 66.0 Å². The van der Waals surface area contributed by atoms with E-state index in [2.05, 4.69) is 14.8 Å². The van der Waals surface area contributed by atoms with Gasteiger partial charge in [-0.15, -0.1) is 0 Å². The minimum absolute atomic E-state index is 0.0988. The molecule has 0 amide bonds. The van der Waals surface area contributed by atoms with Crippen molar-refractivity contribution < 1.29 is 26.3 Å². The molecule has 0 bridgehead atoms. The summed E-state index contributed by atoms with van der Waals surface area (Å²) in [6.07, 6.45) is -0.872. The van der Waals surface area contributed by atoms with Gasteiger partial charge < -0.3 is 9.72 Å². The molecule has 0 unspecified atom stereocenters. The first-order chi connectivity index (χ1) is 15.1. The van der Waals surface area contributed by atoms with E-state index < -0.39 is 21.8 Å². The van der Waals surface area contributed by atoms with Crippen LogP contribution in [0.3, 0.4) is 0 Å². The van der Waals surface area contributed by atoms with E-state index in [0.717, 1.165) is 12.1 Å². The van der Waals surface area contributed by atoms with Crippen LogP contribution in [0.25, 0.3) is 10.9 Å². The van der Waals surface area contributed by atoms with Gasteiger partial charge in [-0.3, -0.25) is 9.40 Å². The maximum atomic E-state index is 12.7. The van der Waals surface area contributed by atoms with Crippen LogP contribution in [-0.2, 0) is 29.7 Å². The van der Waals surface area contributed by atoms with Gasteiger partial charge in [-0.2, -0.15) is 26.7 Å². The number of rotatable bonds is 7. The Hall–Kier alpha value is -3.47. The van der Waals surface area contributed by atoms with Crippen molar-refractivity contribution in [1.29, 1.82) is 0 Å². The number of anilines is 1. The first-order valence-corrected chi connectivity index (χ1v) is 11.0. The van der Waals surface area contributed by atoms with E-state index in [1.807, 2.05) is 0 Å². The van der Waals surface area contributed by atoms with Gasteiger partial charge in [0.25, 0.3) is 10.0 Å². The Bertz CT molecular complexity index is 1340. The van der Waals surface area contributed by atoms with Crippen LogP contribution in [-0.4, -0.2) is 29.8 Å². The second-order valence-corrected chi connectivity index (χ2v) is 8.77. The van der Waals surface area contributed by atoms with Crippen molar-refractivity contribution in [3.63, 3.8) is 0 Å². The van der Waals surface area contributed by atoms with Gasteiger partial charge in [0.2, 0.25) is 0 Å². The lowest BCUT2D eigenvalue weighted by Crippen LogP contribution is -2.13. The molecule has 32 heavy (non-hydrogen) atoms. The van der Waals surface area contributed by atoms with Crippen molar-refractivity contribution in [3.8, 4) is 5.75 Å². The maximum absolute atomic E-state index is 12.7. The molecule has 168 valence electrons. The molecule has 4 rings (SSSR count). The maximum Gasteiger partial charge on any atom is 0.416 e. The average molecular weight is 464 g/mol. The highest BCUT2D eigenvalue weighted by Gasteiger charge is 2.29. The van der Waals surface area contributed by atoms with Gasteiger partial charge in [-0.05, 0) is 42.0 Å². The largest absolute Gasteiger partial charge is 0.493 e. The number of ether oxygens (including phenoxy) is 1. The number of nitrogens with zero attached hydrogens (tertiary/aromatic N) is 2. The molecule has 2 aromatic carbocycles. The van der Waals surface area contributed by atoms with Gasteiger partial charge in [-0.25, -0.2) is 0 Å². The minimum atomic E-state index is -4.36. The van der Waals surface area contributed by atoms with Crippen molar-refractivity contribution in [1.82, 2.24) is 14.8 Å². The predicted octanol–water partition coefficient (Wildman–Crippen LogP) is 4.34. The Morgan fingerprint density at radius 3 is 2.53 bits per heavy atom. The second-order valence-electron chi connectivity index (χ2n) is 7.14. The van der Waals surface area contributed by atoms with Crippen LogP contribution in [0.2, 0.25) is 0 Å². The van der Waals surface area contributed by atoms with E-state index >= 15 is 0 Å². The summed E-state index contributed by atoms with van der Waals surface area (Å²) in [5, 5.41) is 4.43. The molecule has 2 heterocycles. The van der Waals surface area contributed by atoms with Gasteiger partial charge in [0, 0.05) is 36.8 Å². The quantitative estimate of drug-likeness (QED) is 0.426. The number of aromatic nitrogens is 3. The summed E-state index contributed by atoms with van der Waals surface area (Å²) in [6.45, 7) is 0.246. The number of benzene rings is 2. The van der Waals surface area contributed by atoms with Crippen LogP contribution in [0, 0.1) is 0 Å². The van der Waals surface area contributed by atoms with Crippen molar-refractivity contribution in [2.75, 3.05) is 11.3 Å². The van der Waals surface area contributed by atoms with E-state index in [1.165, 1.54) is 35.3 Å². The number of alkyl halides is 3. The van der Waals surface area contributed by atoms with Crippen LogP contribution in [0.5, 0.6) is 5.75 Å². The smallest absolute Gasteiger partial charge is 0.416 e. The first kappa shape index (κ1) is 21.8. The van der Waals surface area contributed by atoms with Gasteiger partial charge in [-0.1, -0.05) is 12.1 Å². The molecular weight excluding hydrogens is 445 g/mol. The predicted molar refractivity (Wildman–Crippen MR) is 113 cm³/mol. The zero-order chi connectivity index (χ0) is 22.9. The lowest BCUT2D eigenvalue weighted by molar-refractivity contribution is -0.137. The monoisotopic (exact) mass is 464 g/mol. The molecule has 11 heteroatoms. The molecule has 7 nitrogen and oxygen atoms in total. The van der Waals surface area contributed by atoms with Crippen LogP contribution >= 0.6 is 0 Å². The molecule has 0 fully saturated rings. The number of halogens is 3. The number of hydrogen-bond donors (Lipinski definition) is 2. The Kier molecular flexibility index (Phi) is 5.59. The normalized spacial score (nSPS) is 12.2. The zero-order valence-electron chi connectivity index (χ0n) is 16.8. The molecule has 2 N–H and O–H groups in total. The average Bonchev–Trinajstić information content (AvgIpc) is 3.34. The van der Waals surface area contributed by atoms with Crippen LogP contribution < -0.4 is 9.46 Å².